The Balaban J connectivity index is 1.63. The van der Waals surface area contributed by atoms with E-state index in [0.29, 0.717) is 18.8 Å². The molecule has 9 heteroatoms. The van der Waals surface area contributed by atoms with Crippen LogP contribution in [0.2, 0.25) is 0 Å². The van der Waals surface area contributed by atoms with Gasteiger partial charge in [0.1, 0.15) is 0 Å². The number of esters is 1. The molecule has 0 aliphatic carbocycles. The fourth-order valence-electron chi connectivity index (χ4n) is 3.19. The number of carbonyl (C=O) groups excluding carboxylic acids is 2. The fourth-order valence-corrected chi connectivity index (χ4v) is 5.30. The molecule has 1 saturated heterocycles. The second kappa shape index (κ2) is 10.1. The van der Waals surface area contributed by atoms with Crippen LogP contribution in [0.5, 0.6) is 0 Å². The highest BCUT2D eigenvalue weighted by molar-refractivity contribution is 7.98. The molecule has 0 atom stereocenters. The van der Waals surface area contributed by atoms with E-state index in [9.17, 15) is 18.0 Å². The maximum Gasteiger partial charge on any atom is 0.338 e. The van der Waals surface area contributed by atoms with Crippen molar-refractivity contribution in [3.63, 3.8) is 0 Å². The summed E-state index contributed by atoms with van der Waals surface area (Å²) in [6.07, 6.45) is 4.57. The van der Waals surface area contributed by atoms with E-state index in [2.05, 4.69) is 5.32 Å². The molecule has 0 aromatic heterocycles. The summed E-state index contributed by atoms with van der Waals surface area (Å²) in [5.74, 6) is -1.22. The van der Waals surface area contributed by atoms with Gasteiger partial charge in [0.05, 0.1) is 16.1 Å². The minimum Gasteiger partial charge on any atom is -0.452 e. The Kier molecular flexibility index (Phi) is 7.52. The van der Waals surface area contributed by atoms with Crippen molar-refractivity contribution < 1.29 is 22.7 Å². The van der Waals surface area contributed by atoms with Crippen LogP contribution in [0.25, 0.3) is 0 Å². The highest BCUT2D eigenvalue weighted by atomic mass is 32.2. The molecule has 3 rings (SSSR count). The molecular formula is C21H24N2O5S2. The molecule has 1 aliphatic heterocycles. The first-order valence-electron chi connectivity index (χ1n) is 9.62. The van der Waals surface area contributed by atoms with E-state index in [1.54, 1.807) is 12.1 Å². The van der Waals surface area contributed by atoms with Gasteiger partial charge in [0.2, 0.25) is 10.0 Å². The monoisotopic (exact) mass is 448 g/mol. The highest BCUT2D eigenvalue weighted by Gasteiger charge is 2.26. The molecule has 0 radical (unpaired) electrons. The number of amides is 1. The third kappa shape index (κ3) is 5.41. The van der Waals surface area contributed by atoms with Gasteiger partial charge in [-0.2, -0.15) is 4.31 Å². The van der Waals surface area contributed by atoms with Gasteiger partial charge >= 0.3 is 5.97 Å². The molecule has 1 aliphatic rings. The van der Waals surface area contributed by atoms with Crippen LogP contribution < -0.4 is 5.32 Å². The number of anilines is 1. The predicted molar refractivity (Wildman–Crippen MR) is 116 cm³/mol. The number of hydrogen-bond acceptors (Lipinski definition) is 6. The molecule has 0 saturated carbocycles. The lowest BCUT2D eigenvalue weighted by molar-refractivity contribution is -0.119. The molecule has 2 aromatic carbocycles. The lowest BCUT2D eigenvalue weighted by Crippen LogP contribution is -2.35. The second-order valence-corrected chi connectivity index (χ2v) is 9.60. The van der Waals surface area contributed by atoms with Crippen LogP contribution in [0.15, 0.2) is 58.3 Å². The number of piperidine rings is 1. The number of sulfonamides is 1. The van der Waals surface area contributed by atoms with Crippen LogP contribution in [0.1, 0.15) is 29.6 Å². The SMILES string of the molecule is CSc1ccccc1NC(=O)COC(=O)c1cccc(S(=O)(=O)N2CCCCC2)c1. The number of nitrogens with one attached hydrogen (secondary N) is 1. The van der Waals surface area contributed by atoms with Crippen LogP contribution in [-0.2, 0) is 19.6 Å². The number of benzene rings is 2. The Morgan fingerprint density at radius 3 is 2.53 bits per heavy atom. The number of para-hydroxylation sites is 1. The normalized spacial score (nSPS) is 14.8. The van der Waals surface area contributed by atoms with E-state index in [4.69, 9.17) is 4.74 Å². The lowest BCUT2D eigenvalue weighted by atomic mass is 10.2. The first-order valence-corrected chi connectivity index (χ1v) is 12.3. The molecule has 1 N–H and O–H groups in total. The van der Waals surface area contributed by atoms with E-state index >= 15 is 0 Å². The van der Waals surface area contributed by atoms with Crippen LogP contribution in [-0.4, -0.2) is 50.6 Å². The van der Waals surface area contributed by atoms with E-state index in [0.717, 1.165) is 24.2 Å². The van der Waals surface area contributed by atoms with Crippen LogP contribution >= 0.6 is 11.8 Å². The number of rotatable bonds is 7. The van der Waals surface area contributed by atoms with Crippen LogP contribution in [0, 0.1) is 0 Å². The maximum absolute atomic E-state index is 12.8. The molecule has 30 heavy (non-hydrogen) atoms. The standard InChI is InChI=1S/C21H24N2O5S2/c1-29-19-11-4-3-10-18(19)22-20(24)15-28-21(25)16-8-7-9-17(14-16)30(26,27)23-12-5-2-6-13-23/h3-4,7-11,14H,2,5-6,12-13,15H2,1H3,(H,22,24). The average Bonchev–Trinajstić information content (AvgIpc) is 2.78. The quantitative estimate of drug-likeness (QED) is 0.516. The van der Waals surface area contributed by atoms with Crippen molar-refractivity contribution in [2.75, 3.05) is 31.3 Å². The molecule has 2 aromatic rings. The average molecular weight is 449 g/mol. The molecule has 1 amide bonds. The Hall–Kier alpha value is -2.36. The van der Waals surface area contributed by atoms with Crippen molar-refractivity contribution in [2.24, 2.45) is 0 Å². The molecule has 0 unspecified atom stereocenters. The van der Waals surface area contributed by atoms with Crippen molar-refractivity contribution in [2.45, 2.75) is 29.1 Å². The summed E-state index contributed by atoms with van der Waals surface area (Å²) in [4.78, 5) is 25.5. The van der Waals surface area contributed by atoms with Crippen LogP contribution in [0.3, 0.4) is 0 Å². The van der Waals surface area contributed by atoms with Crippen molar-refractivity contribution >= 4 is 39.3 Å². The zero-order valence-electron chi connectivity index (χ0n) is 16.7. The predicted octanol–water partition coefficient (Wildman–Crippen LogP) is 3.38. The minimum absolute atomic E-state index is 0.0530. The molecule has 1 fully saturated rings. The minimum atomic E-state index is -3.65. The van der Waals surface area contributed by atoms with Gasteiger partial charge in [-0.25, -0.2) is 13.2 Å². The Labute approximate surface area is 180 Å². The van der Waals surface area contributed by atoms with Crippen molar-refractivity contribution in [3.05, 3.63) is 54.1 Å². The number of thioether (sulfide) groups is 1. The van der Waals surface area contributed by atoms with Crippen LogP contribution in [0.4, 0.5) is 5.69 Å². The summed E-state index contributed by atoms with van der Waals surface area (Å²) >= 11 is 1.49. The number of hydrogen-bond donors (Lipinski definition) is 1. The topological polar surface area (TPSA) is 92.8 Å². The van der Waals surface area contributed by atoms with E-state index in [1.807, 2.05) is 18.4 Å². The first kappa shape index (κ1) is 22.3. The maximum atomic E-state index is 12.8. The van der Waals surface area contributed by atoms with Crippen molar-refractivity contribution in [1.82, 2.24) is 4.31 Å². The van der Waals surface area contributed by atoms with Gasteiger partial charge < -0.3 is 10.1 Å². The summed E-state index contributed by atoms with van der Waals surface area (Å²) in [5, 5.41) is 2.71. The summed E-state index contributed by atoms with van der Waals surface area (Å²) in [6, 6.07) is 13.0. The zero-order valence-corrected chi connectivity index (χ0v) is 18.3. The number of ether oxygens (including phenoxy) is 1. The molecule has 0 bridgehead atoms. The Morgan fingerprint density at radius 1 is 1.07 bits per heavy atom. The molecule has 1 heterocycles. The third-order valence-corrected chi connectivity index (χ3v) is 7.43. The molecular weight excluding hydrogens is 424 g/mol. The van der Waals surface area contributed by atoms with Gasteiger partial charge in [-0.1, -0.05) is 24.6 Å². The van der Waals surface area contributed by atoms with Gasteiger partial charge in [-0.15, -0.1) is 11.8 Å². The summed E-state index contributed by atoms with van der Waals surface area (Å²) < 4.78 is 32.1. The van der Waals surface area contributed by atoms with Crippen molar-refractivity contribution in [3.8, 4) is 0 Å². The van der Waals surface area contributed by atoms with Gasteiger partial charge in [0, 0.05) is 18.0 Å². The van der Waals surface area contributed by atoms with E-state index in [-0.39, 0.29) is 10.5 Å². The third-order valence-electron chi connectivity index (χ3n) is 4.74. The highest BCUT2D eigenvalue weighted by Crippen LogP contribution is 2.24. The number of nitrogens with zero attached hydrogens (tertiary/aromatic N) is 1. The Bertz CT molecular complexity index is 1020. The van der Waals surface area contributed by atoms with Gasteiger partial charge in [-0.3, -0.25) is 4.79 Å². The second-order valence-electron chi connectivity index (χ2n) is 6.82. The summed E-state index contributed by atoms with van der Waals surface area (Å²) in [5.41, 5.74) is 0.728. The largest absolute Gasteiger partial charge is 0.452 e. The van der Waals surface area contributed by atoms with Gasteiger partial charge in [0.15, 0.2) is 6.61 Å². The lowest BCUT2D eigenvalue weighted by Gasteiger charge is -2.25. The Morgan fingerprint density at radius 2 is 1.80 bits per heavy atom. The fraction of sp³-hybridized carbons (Fsp3) is 0.333. The van der Waals surface area contributed by atoms with E-state index < -0.39 is 28.5 Å². The van der Waals surface area contributed by atoms with E-state index in [1.165, 1.54) is 40.3 Å². The number of carbonyl (C=O) groups is 2. The van der Waals surface area contributed by atoms with Gasteiger partial charge in [0.25, 0.3) is 5.91 Å². The van der Waals surface area contributed by atoms with Gasteiger partial charge in [-0.05, 0) is 49.4 Å². The molecule has 160 valence electrons. The summed E-state index contributed by atoms with van der Waals surface area (Å²) in [6.45, 7) is 0.494. The molecule has 7 nitrogen and oxygen atoms in total. The zero-order chi connectivity index (χ0) is 21.6. The molecule has 0 spiro atoms. The summed E-state index contributed by atoms with van der Waals surface area (Å²) in [7, 11) is -3.65. The first-order chi connectivity index (χ1) is 14.4. The van der Waals surface area contributed by atoms with Crippen molar-refractivity contribution in [1.29, 1.82) is 0 Å². The smallest absolute Gasteiger partial charge is 0.338 e.